The summed E-state index contributed by atoms with van der Waals surface area (Å²) in [5.74, 6) is 0. The maximum atomic E-state index is 5.31. The highest BCUT2D eigenvalue weighted by molar-refractivity contribution is 5.14. The van der Waals surface area contributed by atoms with E-state index in [0.717, 1.165) is 19.7 Å². The van der Waals surface area contributed by atoms with Crippen molar-refractivity contribution >= 4 is 0 Å². The SMILES string of the molecule is COCC(CNC(C)C)N(C)Cc1ccccc1. The van der Waals surface area contributed by atoms with E-state index in [2.05, 4.69) is 61.4 Å². The van der Waals surface area contributed by atoms with E-state index in [1.54, 1.807) is 7.11 Å². The summed E-state index contributed by atoms with van der Waals surface area (Å²) in [6.07, 6.45) is 0. The first-order chi connectivity index (χ1) is 8.63. The predicted molar refractivity (Wildman–Crippen MR) is 76.7 cm³/mol. The highest BCUT2D eigenvalue weighted by atomic mass is 16.5. The third-order valence-corrected chi connectivity index (χ3v) is 3.02. The van der Waals surface area contributed by atoms with Gasteiger partial charge in [0.1, 0.15) is 0 Å². The van der Waals surface area contributed by atoms with Crippen molar-refractivity contribution in [1.82, 2.24) is 10.2 Å². The molecule has 1 aromatic rings. The number of nitrogens with one attached hydrogen (secondary N) is 1. The molecule has 1 rings (SSSR count). The lowest BCUT2D eigenvalue weighted by Crippen LogP contribution is -2.44. The first kappa shape index (κ1) is 15.2. The van der Waals surface area contributed by atoms with Gasteiger partial charge in [-0.1, -0.05) is 44.2 Å². The van der Waals surface area contributed by atoms with Crippen LogP contribution in [0.1, 0.15) is 19.4 Å². The number of benzene rings is 1. The Morgan fingerprint density at radius 3 is 2.44 bits per heavy atom. The Kier molecular flexibility index (Phi) is 6.94. The second kappa shape index (κ2) is 8.25. The molecule has 1 N–H and O–H groups in total. The van der Waals surface area contributed by atoms with Crippen molar-refractivity contribution in [3.8, 4) is 0 Å². The molecule has 3 nitrogen and oxygen atoms in total. The maximum absolute atomic E-state index is 5.31. The van der Waals surface area contributed by atoms with Gasteiger partial charge in [0.15, 0.2) is 0 Å². The lowest BCUT2D eigenvalue weighted by Gasteiger charge is -2.28. The molecule has 0 saturated heterocycles. The van der Waals surface area contributed by atoms with Crippen molar-refractivity contribution in [3.63, 3.8) is 0 Å². The number of ether oxygens (including phenoxy) is 1. The quantitative estimate of drug-likeness (QED) is 0.765. The first-order valence-electron chi connectivity index (χ1n) is 6.60. The number of hydrogen-bond acceptors (Lipinski definition) is 3. The topological polar surface area (TPSA) is 24.5 Å². The van der Waals surface area contributed by atoms with Gasteiger partial charge >= 0.3 is 0 Å². The first-order valence-corrected chi connectivity index (χ1v) is 6.60. The van der Waals surface area contributed by atoms with Gasteiger partial charge in [0.2, 0.25) is 0 Å². The zero-order valence-corrected chi connectivity index (χ0v) is 12.0. The van der Waals surface area contributed by atoms with Crippen molar-refractivity contribution in [2.45, 2.75) is 32.5 Å². The highest BCUT2D eigenvalue weighted by Crippen LogP contribution is 2.06. The smallest absolute Gasteiger partial charge is 0.0630 e. The number of hydrogen-bond donors (Lipinski definition) is 1. The summed E-state index contributed by atoms with van der Waals surface area (Å²) >= 11 is 0. The van der Waals surface area contributed by atoms with E-state index in [-0.39, 0.29) is 0 Å². The van der Waals surface area contributed by atoms with Gasteiger partial charge in [0.05, 0.1) is 6.61 Å². The predicted octanol–water partition coefficient (Wildman–Crippen LogP) is 2.13. The minimum absolute atomic E-state index is 0.401. The summed E-state index contributed by atoms with van der Waals surface area (Å²) in [5.41, 5.74) is 1.34. The monoisotopic (exact) mass is 250 g/mol. The van der Waals surface area contributed by atoms with Crippen LogP contribution >= 0.6 is 0 Å². The molecule has 0 amide bonds. The number of nitrogens with zero attached hydrogens (tertiary/aromatic N) is 1. The van der Waals surface area contributed by atoms with Crippen molar-refractivity contribution < 1.29 is 4.74 Å². The van der Waals surface area contributed by atoms with Crippen LogP contribution in [0.2, 0.25) is 0 Å². The van der Waals surface area contributed by atoms with Crippen LogP contribution in [-0.2, 0) is 11.3 Å². The summed E-state index contributed by atoms with van der Waals surface area (Å²) in [6.45, 7) is 6.99. The van der Waals surface area contributed by atoms with Crippen LogP contribution in [-0.4, -0.2) is 44.3 Å². The normalized spacial score (nSPS) is 13.2. The molecule has 0 aliphatic rings. The van der Waals surface area contributed by atoms with Crippen molar-refractivity contribution in [2.24, 2.45) is 0 Å². The fraction of sp³-hybridized carbons (Fsp3) is 0.600. The van der Waals surface area contributed by atoms with Gasteiger partial charge in [-0.2, -0.15) is 0 Å². The third-order valence-electron chi connectivity index (χ3n) is 3.02. The minimum atomic E-state index is 0.401. The van der Waals surface area contributed by atoms with E-state index in [1.807, 2.05) is 0 Å². The Labute approximate surface area is 111 Å². The molecule has 0 aromatic heterocycles. The lowest BCUT2D eigenvalue weighted by molar-refractivity contribution is 0.100. The van der Waals surface area contributed by atoms with Gasteiger partial charge < -0.3 is 10.1 Å². The summed E-state index contributed by atoms with van der Waals surface area (Å²) in [7, 11) is 3.91. The molecular formula is C15H26N2O. The van der Waals surface area contributed by atoms with Crippen LogP contribution in [0, 0.1) is 0 Å². The van der Waals surface area contributed by atoms with Gasteiger partial charge in [-0.3, -0.25) is 4.90 Å². The Bertz CT molecular complexity index is 314. The van der Waals surface area contributed by atoms with E-state index in [4.69, 9.17) is 4.74 Å². The van der Waals surface area contributed by atoms with Crippen LogP contribution < -0.4 is 5.32 Å². The molecule has 0 saturated carbocycles. The number of rotatable bonds is 8. The molecule has 0 fully saturated rings. The molecule has 0 radical (unpaired) electrons. The molecule has 0 aliphatic heterocycles. The zero-order valence-electron chi connectivity index (χ0n) is 12.0. The fourth-order valence-electron chi connectivity index (χ4n) is 1.91. The van der Waals surface area contributed by atoms with Crippen LogP contribution in [0.4, 0.5) is 0 Å². The standard InChI is InChI=1S/C15H26N2O/c1-13(2)16-10-15(12-18-4)17(3)11-14-8-6-5-7-9-14/h5-9,13,15-16H,10-12H2,1-4H3. The molecule has 1 unspecified atom stereocenters. The Morgan fingerprint density at radius 2 is 1.89 bits per heavy atom. The molecule has 1 atom stereocenters. The largest absolute Gasteiger partial charge is 0.383 e. The van der Waals surface area contributed by atoms with E-state index in [1.165, 1.54) is 5.56 Å². The van der Waals surface area contributed by atoms with Crippen LogP contribution in [0.25, 0.3) is 0 Å². The molecule has 0 bridgehead atoms. The van der Waals surface area contributed by atoms with Gasteiger partial charge in [0, 0.05) is 32.3 Å². The molecule has 3 heteroatoms. The molecule has 0 aliphatic carbocycles. The molecule has 18 heavy (non-hydrogen) atoms. The summed E-state index contributed by atoms with van der Waals surface area (Å²) < 4.78 is 5.31. The Balaban J connectivity index is 2.50. The van der Waals surface area contributed by atoms with E-state index < -0.39 is 0 Å². The summed E-state index contributed by atoms with van der Waals surface area (Å²) in [4.78, 5) is 2.34. The van der Waals surface area contributed by atoms with Crippen LogP contribution in [0.15, 0.2) is 30.3 Å². The third kappa shape index (κ3) is 5.63. The molecule has 102 valence electrons. The van der Waals surface area contributed by atoms with Gasteiger partial charge in [-0.25, -0.2) is 0 Å². The molecule has 0 spiro atoms. The lowest BCUT2D eigenvalue weighted by atomic mass is 10.2. The summed E-state index contributed by atoms with van der Waals surface area (Å²) in [5, 5.41) is 3.48. The average molecular weight is 250 g/mol. The van der Waals surface area contributed by atoms with Crippen molar-refractivity contribution in [2.75, 3.05) is 27.3 Å². The van der Waals surface area contributed by atoms with Crippen LogP contribution in [0.5, 0.6) is 0 Å². The molecule has 1 aromatic carbocycles. The second-order valence-electron chi connectivity index (χ2n) is 5.07. The van der Waals surface area contributed by atoms with Crippen molar-refractivity contribution in [1.29, 1.82) is 0 Å². The highest BCUT2D eigenvalue weighted by Gasteiger charge is 2.14. The van der Waals surface area contributed by atoms with E-state index >= 15 is 0 Å². The van der Waals surface area contributed by atoms with Crippen LogP contribution in [0.3, 0.4) is 0 Å². The van der Waals surface area contributed by atoms with Gasteiger partial charge in [0.25, 0.3) is 0 Å². The van der Waals surface area contributed by atoms with E-state index in [9.17, 15) is 0 Å². The van der Waals surface area contributed by atoms with Gasteiger partial charge in [-0.05, 0) is 12.6 Å². The molecule has 0 heterocycles. The molecular weight excluding hydrogens is 224 g/mol. The Morgan fingerprint density at radius 1 is 1.22 bits per heavy atom. The second-order valence-corrected chi connectivity index (χ2v) is 5.07. The minimum Gasteiger partial charge on any atom is -0.383 e. The maximum Gasteiger partial charge on any atom is 0.0630 e. The number of methoxy groups -OCH3 is 1. The Hall–Kier alpha value is -0.900. The number of likely N-dealkylation sites (N-methyl/N-ethyl adjacent to an activating group) is 1. The fourth-order valence-corrected chi connectivity index (χ4v) is 1.91. The van der Waals surface area contributed by atoms with Crippen molar-refractivity contribution in [3.05, 3.63) is 35.9 Å². The zero-order chi connectivity index (χ0) is 13.4. The van der Waals surface area contributed by atoms with Gasteiger partial charge in [-0.15, -0.1) is 0 Å². The summed E-state index contributed by atoms with van der Waals surface area (Å²) in [6, 6.07) is 11.5. The van der Waals surface area contributed by atoms with E-state index in [0.29, 0.717) is 12.1 Å². The average Bonchev–Trinajstić information content (AvgIpc) is 2.35.